The quantitative estimate of drug-likeness (QED) is 0.318. The van der Waals surface area contributed by atoms with E-state index in [1.54, 1.807) is 24.3 Å². The van der Waals surface area contributed by atoms with Gasteiger partial charge in [-0.2, -0.15) is 5.26 Å². The topological polar surface area (TPSA) is 70.9 Å². The van der Waals surface area contributed by atoms with Crippen molar-refractivity contribution < 1.29 is 9.47 Å². The molecule has 0 amide bonds. The van der Waals surface area contributed by atoms with E-state index in [1.807, 2.05) is 43.3 Å². The van der Waals surface area contributed by atoms with Crippen LogP contribution in [0.3, 0.4) is 0 Å². The number of nitrogens with zero attached hydrogens (tertiary/aromatic N) is 2. The Morgan fingerprint density at radius 3 is 2.69 bits per heavy atom. The Kier molecular flexibility index (Phi) is 6.36. The van der Waals surface area contributed by atoms with Gasteiger partial charge in [0, 0.05) is 10.6 Å². The number of aromatic nitrogens is 2. The molecule has 4 rings (SSSR count). The number of allylic oxidation sites excluding steroid dienone is 1. The standard InChI is InChI=1S/C25H19Cl2N3O2/c1-15-7-8-21-22(9-15)30-25(29-21)18(13-28)10-16-11-20(27)24(23(12-16)31-2)32-14-17-5-3-4-6-19(17)26/h3-12H,14H2,1-2H3,(H,29,30)/b18-10-. The average molecular weight is 464 g/mol. The third-order valence-corrected chi connectivity index (χ3v) is 5.56. The first kappa shape index (κ1) is 21.8. The van der Waals surface area contributed by atoms with Crippen molar-refractivity contribution in [2.45, 2.75) is 13.5 Å². The monoisotopic (exact) mass is 463 g/mol. The van der Waals surface area contributed by atoms with Crippen LogP contribution in [-0.4, -0.2) is 17.1 Å². The third-order valence-electron chi connectivity index (χ3n) is 4.91. The van der Waals surface area contributed by atoms with Crippen molar-refractivity contribution in [3.05, 3.63) is 87.2 Å². The zero-order valence-corrected chi connectivity index (χ0v) is 19.0. The summed E-state index contributed by atoms with van der Waals surface area (Å²) in [5, 5.41) is 10.7. The number of nitrogens with one attached hydrogen (secondary N) is 1. The molecule has 0 bridgehead atoms. The predicted molar refractivity (Wildman–Crippen MR) is 128 cm³/mol. The molecule has 0 unspecified atom stereocenters. The van der Waals surface area contributed by atoms with Crippen molar-refractivity contribution in [3.8, 4) is 17.6 Å². The van der Waals surface area contributed by atoms with Crippen LogP contribution in [0.1, 0.15) is 22.5 Å². The number of aromatic amines is 1. The summed E-state index contributed by atoms with van der Waals surface area (Å²) in [7, 11) is 1.54. The molecule has 0 saturated heterocycles. The number of imidazole rings is 1. The summed E-state index contributed by atoms with van der Waals surface area (Å²) >= 11 is 12.7. The van der Waals surface area contributed by atoms with Gasteiger partial charge in [0.1, 0.15) is 18.5 Å². The van der Waals surface area contributed by atoms with Crippen molar-refractivity contribution in [1.29, 1.82) is 5.26 Å². The Hall–Kier alpha value is -3.46. The van der Waals surface area contributed by atoms with Crippen molar-refractivity contribution in [2.24, 2.45) is 0 Å². The molecule has 1 N–H and O–H groups in total. The first-order valence-electron chi connectivity index (χ1n) is 9.80. The second-order valence-electron chi connectivity index (χ2n) is 7.19. The number of benzene rings is 3. The summed E-state index contributed by atoms with van der Waals surface area (Å²) < 4.78 is 11.4. The Morgan fingerprint density at radius 1 is 1.12 bits per heavy atom. The number of H-pyrrole nitrogens is 1. The molecule has 7 heteroatoms. The minimum Gasteiger partial charge on any atom is -0.493 e. The van der Waals surface area contributed by atoms with E-state index in [9.17, 15) is 5.26 Å². The Morgan fingerprint density at radius 2 is 1.94 bits per heavy atom. The van der Waals surface area contributed by atoms with Gasteiger partial charge < -0.3 is 14.5 Å². The number of halogens is 2. The third kappa shape index (κ3) is 4.57. The highest BCUT2D eigenvalue weighted by Gasteiger charge is 2.14. The van der Waals surface area contributed by atoms with Gasteiger partial charge in [-0.25, -0.2) is 4.98 Å². The van der Waals surface area contributed by atoms with Gasteiger partial charge >= 0.3 is 0 Å². The van der Waals surface area contributed by atoms with Crippen LogP contribution in [-0.2, 0) is 6.61 Å². The molecule has 1 heterocycles. The maximum atomic E-state index is 9.73. The van der Waals surface area contributed by atoms with Crippen LogP contribution in [0.2, 0.25) is 10.0 Å². The number of nitriles is 1. The van der Waals surface area contributed by atoms with Gasteiger partial charge in [-0.3, -0.25) is 0 Å². The van der Waals surface area contributed by atoms with Gasteiger partial charge in [0.2, 0.25) is 0 Å². The molecule has 0 atom stereocenters. The zero-order valence-electron chi connectivity index (χ0n) is 17.4. The highest BCUT2D eigenvalue weighted by atomic mass is 35.5. The summed E-state index contributed by atoms with van der Waals surface area (Å²) in [6.07, 6.45) is 1.71. The van der Waals surface area contributed by atoms with Crippen LogP contribution in [0.5, 0.6) is 11.5 Å². The highest BCUT2D eigenvalue weighted by molar-refractivity contribution is 6.32. The van der Waals surface area contributed by atoms with E-state index in [-0.39, 0.29) is 6.61 Å². The molecule has 5 nitrogen and oxygen atoms in total. The van der Waals surface area contributed by atoms with Gasteiger partial charge in [-0.15, -0.1) is 0 Å². The van der Waals surface area contributed by atoms with Crippen molar-refractivity contribution in [1.82, 2.24) is 9.97 Å². The van der Waals surface area contributed by atoms with Crippen LogP contribution in [0.15, 0.2) is 54.6 Å². The molecule has 1 aromatic heterocycles. The largest absolute Gasteiger partial charge is 0.493 e. The fourth-order valence-electron chi connectivity index (χ4n) is 3.30. The van der Waals surface area contributed by atoms with Crippen LogP contribution >= 0.6 is 23.2 Å². The molecular formula is C25H19Cl2N3O2. The first-order chi connectivity index (χ1) is 15.5. The molecular weight excluding hydrogens is 445 g/mol. The van der Waals surface area contributed by atoms with Crippen LogP contribution in [0.25, 0.3) is 22.7 Å². The van der Waals surface area contributed by atoms with Crippen LogP contribution in [0, 0.1) is 18.3 Å². The molecule has 0 spiro atoms. The number of hydrogen-bond acceptors (Lipinski definition) is 4. The number of methoxy groups -OCH3 is 1. The Bertz CT molecular complexity index is 1370. The average Bonchev–Trinajstić information content (AvgIpc) is 3.20. The molecule has 4 aromatic rings. The van der Waals surface area contributed by atoms with E-state index in [0.29, 0.717) is 38.5 Å². The van der Waals surface area contributed by atoms with E-state index >= 15 is 0 Å². The van der Waals surface area contributed by atoms with Crippen molar-refractivity contribution in [3.63, 3.8) is 0 Å². The van der Waals surface area contributed by atoms with E-state index in [4.69, 9.17) is 32.7 Å². The number of hydrogen-bond donors (Lipinski definition) is 1. The highest BCUT2D eigenvalue weighted by Crippen LogP contribution is 2.38. The van der Waals surface area contributed by atoms with Gasteiger partial charge in [-0.1, -0.05) is 47.5 Å². The summed E-state index contributed by atoms with van der Waals surface area (Å²) in [6, 6.07) is 19.0. The normalized spacial score (nSPS) is 11.4. The number of ether oxygens (including phenoxy) is 2. The van der Waals surface area contributed by atoms with Crippen molar-refractivity contribution in [2.75, 3.05) is 7.11 Å². The lowest BCUT2D eigenvalue weighted by Crippen LogP contribution is -1.99. The maximum Gasteiger partial charge on any atom is 0.180 e. The fraction of sp³-hybridized carbons (Fsp3) is 0.120. The minimum absolute atomic E-state index is 0.243. The molecule has 0 aliphatic heterocycles. The van der Waals surface area contributed by atoms with Gasteiger partial charge in [0.15, 0.2) is 11.5 Å². The summed E-state index contributed by atoms with van der Waals surface area (Å²) in [5.41, 5.74) is 4.68. The molecule has 32 heavy (non-hydrogen) atoms. The molecule has 0 aliphatic carbocycles. The minimum atomic E-state index is 0.243. The smallest absolute Gasteiger partial charge is 0.180 e. The lowest BCUT2D eigenvalue weighted by Gasteiger charge is -2.14. The lowest BCUT2D eigenvalue weighted by atomic mass is 10.1. The van der Waals surface area contributed by atoms with Gasteiger partial charge in [0.05, 0.1) is 28.7 Å². The van der Waals surface area contributed by atoms with Crippen LogP contribution in [0.4, 0.5) is 0 Å². The van der Waals surface area contributed by atoms with E-state index in [2.05, 4.69) is 16.0 Å². The summed E-state index contributed by atoms with van der Waals surface area (Å²) in [4.78, 5) is 7.73. The second kappa shape index (κ2) is 9.35. The number of fused-ring (bicyclic) bond motifs is 1. The summed E-state index contributed by atoms with van der Waals surface area (Å²) in [6.45, 7) is 2.25. The molecule has 160 valence electrons. The second-order valence-corrected chi connectivity index (χ2v) is 8.00. The molecule has 0 fully saturated rings. The Balaban J connectivity index is 1.65. The van der Waals surface area contributed by atoms with Crippen LogP contribution < -0.4 is 9.47 Å². The first-order valence-corrected chi connectivity index (χ1v) is 10.6. The fourth-order valence-corrected chi connectivity index (χ4v) is 3.76. The SMILES string of the molecule is COc1cc(/C=C(/C#N)c2nc3ccc(C)cc3[nH]2)cc(Cl)c1OCc1ccccc1Cl. The van der Waals surface area contributed by atoms with Gasteiger partial charge in [0.25, 0.3) is 0 Å². The van der Waals surface area contributed by atoms with Crippen molar-refractivity contribution >= 4 is 45.9 Å². The molecule has 0 aliphatic rings. The predicted octanol–water partition coefficient (Wildman–Crippen LogP) is 6.83. The molecule has 0 saturated carbocycles. The maximum absolute atomic E-state index is 9.73. The van der Waals surface area contributed by atoms with E-state index < -0.39 is 0 Å². The lowest BCUT2D eigenvalue weighted by molar-refractivity contribution is 0.285. The number of rotatable bonds is 6. The van der Waals surface area contributed by atoms with Gasteiger partial charge in [-0.05, 0) is 54.5 Å². The molecule has 0 radical (unpaired) electrons. The summed E-state index contributed by atoms with van der Waals surface area (Å²) in [5.74, 6) is 1.35. The Labute approximate surface area is 195 Å². The zero-order chi connectivity index (χ0) is 22.7. The van der Waals surface area contributed by atoms with E-state index in [0.717, 1.165) is 22.2 Å². The molecule has 3 aromatic carbocycles. The number of aryl methyl sites for hydroxylation is 1. The van der Waals surface area contributed by atoms with E-state index in [1.165, 1.54) is 7.11 Å².